The highest BCUT2D eigenvalue weighted by atomic mass is 16.5. The van der Waals surface area contributed by atoms with E-state index in [1.165, 1.54) is 14.0 Å². The number of carbonyl (C=O) groups excluding carboxylic acids is 2. The molecule has 2 amide bonds. The lowest BCUT2D eigenvalue weighted by Gasteiger charge is -2.22. The molecule has 3 N–H and O–H groups in total. The summed E-state index contributed by atoms with van der Waals surface area (Å²) in [5.41, 5.74) is 0.226. The summed E-state index contributed by atoms with van der Waals surface area (Å²) in [5, 5.41) is 14.7. The van der Waals surface area contributed by atoms with E-state index in [2.05, 4.69) is 10.6 Å². The Labute approximate surface area is 118 Å². The minimum absolute atomic E-state index is 0.0622. The number of carbonyl (C=O) groups is 2. The van der Waals surface area contributed by atoms with E-state index in [0.717, 1.165) is 5.56 Å². The number of hydrogen-bond acceptors (Lipinski definition) is 4. The van der Waals surface area contributed by atoms with E-state index in [0.29, 0.717) is 5.69 Å². The summed E-state index contributed by atoms with van der Waals surface area (Å²) >= 11 is 0. The maximum absolute atomic E-state index is 11.7. The SMILES string of the molecule is COCC(C)(O)CNC(=O)C(=O)Nc1ccccc1C. The monoisotopic (exact) mass is 280 g/mol. The van der Waals surface area contributed by atoms with Crippen LogP contribution in [0.2, 0.25) is 0 Å². The highest BCUT2D eigenvalue weighted by molar-refractivity contribution is 6.39. The first-order valence-electron chi connectivity index (χ1n) is 6.22. The van der Waals surface area contributed by atoms with E-state index >= 15 is 0 Å². The second-order valence-electron chi connectivity index (χ2n) is 4.88. The first kappa shape index (κ1) is 16.1. The number of aliphatic hydroxyl groups is 1. The maximum atomic E-state index is 11.7. The van der Waals surface area contributed by atoms with E-state index in [4.69, 9.17) is 4.74 Å². The van der Waals surface area contributed by atoms with Gasteiger partial charge < -0.3 is 20.5 Å². The molecule has 0 saturated heterocycles. The minimum atomic E-state index is -1.21. The van der Waals surface area contributed by atoms with Crippen LogP contribution in [0.1, 0.15) is 12.5 Å². The van der Waals surface area contributed by atoms with Crippen LogP contribution in [0.25, 0.3) is 0 Å². The fraction of sp³-hybridized carbons (Fsp3) is 0.429. The van der Waals surface area contributed by atoms with Crippen LogP contribution < -0.4 is 10.6 Å². The van der Waals surface area contributed by atoms with Gasteiger partial charge in [0.15, 0.2) is 0 Å². The molecule has 20 heavy (non-hydrogen) atoms. The van der Waals surface area contributed by atoms with Gasteiger partial charge in [-0.3, -0.25) is 9.59 Å². The topological polar surface area (TPSA) is 87.7 Å². The molecule has 1 aromatic carbocycles. The molecule has 1 unspecified atom stereocenters. The van der Waals surface area contributed by atoms with E-state index < -0.39 is 17.4 Å². The van der Waals surface area contributed by atoms with Crippen LogP contribution in [-0.2, 0) is 14.3 Å². The molecule has 0 heterocycles. The molecule has 0 aliphatic heterocycles. The third kappa shape index (κ3) is 4.99. The standard InChI is InChI=1S/C14H20N2O4/c1-10-6-4-5-7-11(10)16-13(18)12(17)15-8-14(2,19)9-20-3/h4-7,19H,8-9H2,1-3H3,(H,15,17)(H,16,18). The lowest BCUT2D eigenvalue weighted by atomic mass is 10.1. The van der Waals surface area contributed by atoms with Gasteiger partial charge in [-0.15, -0.1) is 0 Å². The van der Waals surface area contributed by atoms with E-state index in [9.17, 15) is 14.7 Å². The Bertz CT molecular complexity index is 486. The number of methoxy groups -OCH3 is 1. The quantitative estimate of drug-likeness (QED) is 0.683. The predicted octanol–water partition coefficient (Wildman–Crippen LogP) is 0.447. The Hall–Kier alpha value is -1.92. The third-order valence-corrected chi connectivity index (χ3v) is 2.68. The molecule has 0 radical (unpaired) electrons. The lowest BCUT2D eigenvalue weighted by molar-refractivity contribution is -0.137. The zero-order valence-corrected chi connectivity index (χ0v) is 11.9. The zero-order valence-electron chi connectivity index (χ0n) is 11.9. The Morgan fingerprint density at radius 1 is 1.30 bits per heavy atom. The molecule has 0 aromatic heterocycles. The van der Waals surface area contributed by atoms with Crippen molar-refractivity contribution in [1.82, 2.24) is 5.32 Å². The zero-order chi connectivity index (χ0) is 15.2. The van der Waals surface area contributed by atoms with Crippen molar-refractivity contribution in [3.8, 4) is 0 Å². The molecule has 1 rings (SSSR count). The molecular formula is C14H20N2O4. The number of benzene rings is 1. The molecule has 1 aromatic rings. The van der Waals surface area contributed by atoms with Gasteiger partial charge in [0.05, 0.1) is 6.61 Å². The summed E-state index contributed by atoms with van der Waals surface area (Å²) < 4.78 is 4.81. The molecular weight excluding hydrogens is 260 g/mol. The number of aryl methyl sites for hydroxylation is 1. The van der Waals surface area contributed by atoms with Crippen molar-refractivity contribution in [3.05, 3.63) is 29.8 Å². The first-order valence-corrected chi connectivity index (χ1v) is 6.22. The van der Waals surface area contributed by atoms with Gasteiger partial charge in [0, 0.05) is 19.3 Å². The maximum Gasteiger partial charge on any atom is 0.313 e. The van der Waals surface area contributed by atoms with Crippen molar-refractivity contribution < 1.29 is 19.4 Å². The summed E-state index contributed by atoms with van der Waals surface area (Å²) in [5.74, 6) is -1.57. The number of amides is 2. The number of para-hydroxylation sites is 1. The van der Waals surface area contributed by atoms with Gasteiger partial charge in [-0.2, -0.15) is 0 Å². The van der Waals surface area contributed by atoms with Crippen LogP contribution in [0.4, 0.5) is 5.69 Å². The summed E-state index contributed by atoms with van der Waals surface area (Å²) in [6, 6.07) is 7.15. The third-order valence-electron chi connectivity index (χ3n) is 2.68. The first-order chi connectivity index (χ1) is 9.35. The minimum Gasteiger partial charge on any atom is -0.386 e. The lowest BCUT2D eigenvalue weighted by Crippen LogP contribution is -2.46. The predicted molar refractivity (Wildman–Crippen MR) is 75.3 cm³/mol. The molecule has 6 heteroatoms. The Morgan fingerprint density at radius 2 is 1.95 bits per heavy atom. The van der Waals surface area contributed by atoms with Gasteiger partial charge in [-0.25, -0.2) is 0 Å². The van der Waals surface area contributed by atoms with Gasteiger partial charge in [0.1, 0.15) is 5.60 Å². The van der Waals surface area contributed by atoms with Crippen LogP contribution in [0.15, 0.2) is 24.3 Å². The van der Waals surface area contributed by atoms with Crippen molar-refractivity contribution in [1.29, 1.82) is 0 Å². The summed E-state index contributed by atoms with van der Waals surface area (Å²) in [7, 11) is 1.45. The van der Waals surface area contributed by atoms with Gasteiger partial charge in [0.2, 0.25) is 0 Å². The number of rotatable bonds is 5. The van der Waals surface area contributed by atoms with Crippen LogP contribution in [-0.4, -0.2) is 42.8 Å². The Balaban J connectivity index is 2.52. The largest absolute Gasteiger partial charge is 0.386 e. The molecule has 0 bridgehead atoms. The van der Waals surface area contributed by atoms with Crippen molar-refractivity contribution >= 4 is 17.5 Å². The number of ether oxygens (including phenoxy) is 1. The van der Waals surface area contributed by atoms with Crippen molar-refractivity contribution in [2.24, 2.45) is 0 Å². The van der Waals surface area contributed by atoms with Crippen molar-refractivity contribution in [2.75, 3.05) is 25.6 Å². The van der Waals surface area contributed by atoms with Crippen molar-refractivity contribution in [3.63, 3.8) is 0 Å². The average molecular weight is 280 g/mol. The van der Waals surface area contributed by atoms with Crippen molar-refractivity contribution in [2.45, 2.75) is 19.4 Å². The number of hydrogen-bond donors (Lipinski definition) is 3. The van der Waals surface area contributed by atoms with Crippen LogP contribution in [0.3, 0.4) is 0 Å². The molecule has 0 saturated carbocycles. The average Bonchev–Trinajstić information content (AvgIpc) is 2.38. The molecule has 0 spiro atoms. The molecule has 1 atom stereocenters. The second-order valence-corrected chi connectivity index (χ2v) is 4.88. The summed E-state index contributed by atoms with van der Waals surface area (Å²) in [6.45, 7) is 3.33. The van der Waals surface area contributed by atoms with Crippen LogP contribution >= 0.6 is 0 Å². The second kappa shape index (κ2) is 7.02. The molecule has 0 fully saturated rings. The number of anilines is 1. The van der Waals surface area contributed by atoms with E-state index in [1.54, 1.807) is 12.1 Å². The van der Waals surface area contributed by atoms with Gasteiger partial charge in [0.25, 0.3) is 0 Å². The van der Waals surface area contributed by atoms with Crippen LogP contribution in [0.5, 0.6) is 0 Å². The fourth-order valence-electron chi connectivity index (χ4n) is 1.61. The Morgan fingerprint density at radius 3 is 2.55 bits per heavy atom. The Kier molecular flexibility index (Phi) is 5.66. The molecule has 0 aliphatic rings. The summed E-state index contributed by atoms with van der Waals surface area (Å²) in [6.07, 6.45) is 0. The smallest absolute Gasteiger partial charge is 0.313 e. The molecule has 110 valence electrons. The highest BCUT2D eigenvalue weighted by Gasteiger charge is 2.23. The van der Waals surface area contributed by atoms with Gasteiger partial charge >= 0.3 is 11.8 Å². The van der Waals surface area contributed by atoms with Crippen LogP contribution in [0, 0.1) is 6.92 Å². The van der Waals surface area contributed by atoms with E-state index in [-0.39, 0.29) is 13.2 Å². The fourth-order valence-corrected chi connectivity index (χ4v) is 1.61. The molecule has 6 nitrogen and oxygen atoms in total. The number of nitrogens with one attached hydrogen (secondary N) is 2. The summed E-state index contributed by atoms with van der Waals surface area (Å²) in [4.78, 5) is 23.3. The normalized spacial score (nSPS) is 13.4. The van der Waals surface area contributed by atoms with Gasteiger partial charge in [-0.1, -0.05) is 18.2 Å². The van der Waals surface area contributed by atoms with E-state index in [1.807, 2.05) is 19.1 Å². The van der Waals surface area contributed by atoms with Gasteiger partial charge in [-0.05, 0) is 25.5 Å². The highest BCUT2D eigenvalue weighted by Crippen LogP contribution is 2.12. The molecule has 0 aliphatic carbocycles.